The molecule has 1 atom stereocenters. The number of ether oxygens (including phenoxy) is 1. The molecule has 1 aliphatic heterocycles. The number of hydrogen-bond donors (Lipinski definition) is 1. The van der Waals surface area contributed by atoms with Crippen molar-refractivity contribution >= 4 is 11.3 Å². The van der Waals surface area contributed by atoms with Gasteiger partial charge in [-0.15, -0.1) is 11.3 Å². The largest absolute Gasteiger partial charge is 0.368 e. The van der Waals surface area contributed by atoms with E-state index in [1.165, 1.54) is 0 Å². The lowest BCUT2D eigenvalue weighted by atomic mass is 9.93. The summed E-state index contributed by atoms with van der Waals surface area (Å²) in [5.41, 5.74) is 1.30. The third kappa shape index (κ3) is 2.56. The molecule has 3 nitrogen and oxygen atoms in total. The van der Waals surface area contributed by atoms with E-state index in [1.54, 1.807) is 11.3 Å². The Morgan fingerprint density at radius 3 is 2.87 bits per heavy atom. The molecule has 2 heterocycles. The van der Waals surface area contributed by atoms with E-state index in [-0.39, 0.29) is 11.5 Å². The van der Waals surface area contributed by atoms with Crippen LogP contribution < -0.4 is 5.32 Å². The molecule has 2 rings (SSSR count). The molecule has 1 aromatic heterocycles. The second-order valence-electron chi connectivity index (χ2n) is 4.88. The number of thiazole rings is 1. The van der Waals surface area contributed by atoms with Crippen LogP contribution in [0.1, 0.15) is 37.6 Å². The molecule has 0 aromatic carbocycles. The summed E-state index contributed by atoms with van der Waals surface area (Å²) in [5.74, 6) is 0. The Hall–Kier alpha value is -0.450. The van der Waals surface area contributed by atoms with Gasteiger partial charge in [-0.05, 0) is 0 Å². The van der Waals surface area contributed by atoms with Crippen LogP contribution in [0.2, 0.25) is 0 Å². The van der Waals surface area contributed by atoms with Crippen molar-refractivity contribution in [2.75, 3.05) is 19.7 Å². The zero-order valence-electron chi connectivity index (χ0n) is 9.54. The lowest BCUT2D eigenvalue weighted by Gasteiger charge is -2.22. The minimum Gasteiger partial charge on any atom is -0.368 e. The second kappa shape index (κ2) is 4.20. The van der Waals surface area contributed by atoms with Crippen molar-refractivity contribution in [2.24, 2.45) is 0 Å². The number of aromatic nitrogens is 1. The molecule has 1 aromatic rings. The van der Waals surface area contributed by atoms with Crippen LogP contribution in [0.15, 0.2) is 5.38 Å². The lowest BCUT2D eigenvalue weighted by Crippen LogP contribution is -2.33. The third-order valence-corrected chi connectivity index (χ3v) is 3.43. The quantitative estimate of drug-likeness (QED) is 0.796. The van der Waals surface area contributed by atoms with Crippen molar-refractivity contribution in [1.82, 2.24) is 10.3 Å². The van der Waals surface area contributed by atoms with Gasteiger partial charge in [0.25, 0.3) is 0 Å². The van der Waals surface area contributed by atoms with Gasteiger partial charge < -0.3 is 10.1 Å². The Kier molecular flexibility index (Phi) is 3.09. The fourth-order valence-corrected chi connectivity index (χ4v) is 2.60. The minimum absolute atomic E-state index is 0.136. The average Bonchev–Trinajstić information content (AvgIpc) is 2.67. The molecular weight excluding hydrogens is 208 g/mol. The summed E-state index contributed by atoms with van der Waals surface area (Å²) < 4.78 is 5.68. The van der Waals surface area contributed by atoms with Gasteiger partial charge in [-0.1, -0.05) is 20.8 Å². The normalized spacial score (nSPS) is 23.0. The Morgan fingerprint density at radius 2 is 2.33 bits per heavy atom. The first-order chi connectivity index (χ1) is 7.07. The van der Waals surface area contributed by atoms with E-state index in [1.807, 2.05) is 0 Å². The molecule has 1 N–H and O–H groups in total. The van der Waals surface area contributed by atoms with Crippen LogP contribution in [-0.2, 0) is 10.2 Å². The highest BCUT2D eigenvalue weighted by Gasteiger charge is 2.22. The maximum atomic E-state index is 5.68. The number of hydrogen-bond acceptors (Lipinski definition) is 4. The second-order valence-corrected chi connectivity index (χ2v) is 5.77. The summed E-state index contributed by atoms with van der Waals surface area (Å²) in [7, 11) is 0. The van der Waals surface area contributed by atoms with E-state index in [9.17, 15) is 0 Å². The van der Waals surface area contributed by atoms with E-state index in [0.717, 1.165) is 30.4 Å². The summed E-state index contributed by atoms with van der Waals surface area (Å²) >= 11 is 1.71. The number of morpholine rings is 1. The Labute approximate surface area is 94.9 Å². The molecule has 84 valence electrons. The highest BCUT2D eigenvalue weighted by molar-refractivity contribution is 7.09. The molecule has 0 spiro atoms. The average molecular weight is 226 g/mol. The van der Waals surface area contributed by atoms with Gasteiger partial charge in [-0.25, -0.2) is 4.98 Å². The van der Waals surface area contributed by atoms with Crippen LogP contribution in [0.3, 0.4) is 0 Å². The van der Waals surface area contributed by atoms with E-state index < -0.39 is 0 Å². The third-order valence-electron chi connectivity index (χ3n) is 2.49. The van der Waals surface area contributed by atoms with Gasteiger partial charge in [0.2, 0.25) is 0 Å². The molecule has 1 aliphatic rings. The number of rotatable bonds is 1. The van der Waals surface area contributed by atoms with Crippen LogP contribution >= 0.6 is 11.3 Å². The SMILES string of the molecule is CC(C)(C)c1csc(C2CNCCO2)n1. The van der Waals surface area contributed by atoms with E-state index in [4.69, 9.17) is 4.74 Å². The highest BCUT2D eigenvalue weighted by atomic mass is 32.1. The predicted molar refractivity (Wildman–Crippen MR) is 62.4 cm³/mol. The fourth-order valence-electron chi connectivity index (χ4n) is 1.50. The fraction of sp³-hybridized carbons (Fsp3) is 0.727. The van der Waals surface area contributed by atoms with E-state index in [2.05, 4.69) is 36.5 Å². The van der Waals surface area contributed by atoms with Gasteiger partial charge >= 0.3 is 0 Å². The molecule has 1 unspecified atom stereocenters. The Morgan fingerprint density at radius 1 is 1.53 bits per heavy atom. The zero-order chi connectivity index (χ0) is 10.9. The minimum atomic E-state index is 0.136. The van der Waals surface area contributed by atoms with Gasteiger partial charge in [0.15, 0.2) is 0 Å². The maximum absolute atomic E-state index is 5.68. The first-order valence-corrected chi connectivity index (χ1v) is 6.23. The molecular formula is C11H18N2OS. The first kappa shape index (κ1) is 11.0. The van der Waals surface area contributed by atoms with Gasteiger partial charge in [-0.3, -0.25) is 0 Å². The first-order valence-electron chi connectivity index (χ1n) is 5.35. The van der Waals surface area contributed by atoms with Crippen molar-refractivity contribution < 1.29 is 4.74 Å². The van der Waals surface area contributed by atoms with Crippen molar-refractivity contribution in [3.63, 3.8) is 0 Å². The van der Waals surface area contributed by atoms with E-state index in [0.29, 0.717) is 0 Å². The summed E-state index contributed by atoms with van der Waals surface area (Å²) in [6.07, 6.45) is 0.153. The maximum Gasteiger partial charge on any atom is 0.123 e. The Balaban J connectivity index is 2.12. The van der Waals surface area contributed by atoms with Crippen LogP contribution in [0.4, 0.5) is 0 Å². The molecule has 1 fully saturated rings. The Bertz CT molecular complexity index is 324. The number of nitrogens with one attached hydrogen (secondary N) is 1. The summed E-state index contributed by atoms with van der Waals surface area (Å²) in [5, 5.41) is 6.57. The summed E-state index contributed by atoms with van der Waals surface area (Å²) in [6.45, 7) is 9.18. The van der Waals surface area contributed by atoms with Crippen molar-refractivity contribution in [2.45, 2.75) is 32.3 Å². The van der Waals surface area contributed by atoms with Gasteiger partial charge in [-0.2, -0.15) is 0 Å². The van der Waals surface area contributed by atoms with Gasteiger partial charge in [0, 0.05) is 23.9 Å². The molecule has 0 aliphatic carbocycles. The van der Waals surface area contributed by atoms with Crippen molar-refractivity contribution in [3.8, 4) is 0 Å². The summed E-state index contributed by atoms with van der Waals surface area (Å²) in [4.78, 5) is 4.66. The van der Waals surface area contributed by atoms with Gasteiger partial charge in [0.1, 0.15) is 11.1 Å². The monoisotopic (exact) mass is 226 g/mol. The molecule has 0 amide bonds. The van der Waals surface area contributed by atoms with Crippen LogP contribution in [0, 0.1) is 0 Å². The molecule has 0 bridgehead atoms. The van der Waals surface area contributed by atoms with E-state index >= 15 is 0 Å². The smallest absolute Gasteiger partial charge is 0.123 e. The van der Waals surface area contributed by atoms with Crippen LogP contribution in [0.5, 0.6) is 0 Å². The van der Waals surface area contributed by atoms with Crippen LogP contribution in [-0.4, -0.2) is 24.7 Å². The predicted octanol–water partition coefficient (Wildman–Crippen LogP) is 2.10. The molecule has 0 saturated carbocycles. The zero-order valence-corrected chi connectivity index (χ0v) is 10.4. The highest BCUT2D eigenvalue weighted by Crippen LogP contribution is 2.28. The molecule has 1 saturated heterocycles. The van der Waals surface area contributed by atoms with Crippen molar-refractivity contribution in [1.29, 1.82) is 0 Å². The van der Waals surface area contributed by atoms with Gasteiger partial charge in [0.05, 0.1) is 12.3 Å². The molecule has 0 radical (unpaired) electrons. The lowest BCUT2D eigenvalue weighted by molar-refractivity contribution is 0.0274. The van der Waals surface area contributed by atoms with Crippen LogP contribution in [0.25, 0.3) is 0 Å². The molecule has 15 heavy (non-hydrogen) atoms. The number of nitrogens with zero attached hydrogens (tertiary/aromatic N) is 1. The topological polar surface area (TPSA) is 34.1 Å². The molecule has 4 heteroatoms. The van der Waals surface area contributed by atoms with Crippen molar-refractivity contribution in [3.05, 3.63) is 16.1 Å². The summed E-state index contributed by atoms with van der Waals surface area (Å²) in [6, 6.07) is 0. The standard InChI is InChI=1S/C11H18N2OS/c1-11(2,3)9-7-15-10(13-9)8-6-12-4-5-14-8/h7-8,12H,4-6H2,1-3H3.